The first kappa shape index (κ1) is 27.4. The Kier molecular flexibility index (Phi) is 8.27. The Morgan fingerprint density at radius 1 is 0.615 bits per heavy atom. The molecule has 2 N–H and O–H groups in total. The van der Waals surface area contributed by atoms with Crippen LogP contribution in [0.15, 0.2) is 105 Å². The summed E-state index contributed by atoms with van der Waals surface area (Å²) in [6, 6.07) is 21.4. The lowest BCUT2D eigenvalue weighted by Gasteiger charge is -2.08. The average Bonchev–Trinajstić information content (AvgIpc) is 2.90. The van der Waals surface area contributed by atoms with Crippen LogP contribution in [-0.4, -0.2) is 32.0 Å². The highest BCUT2D eigenvalue weighted by Gasteiger charge is 2.19. The molecule has 0 radical (unpaired) electrons. The van der Waals surface area contributed by atoms with E-state index in [0.717, 1.165) is 23.5 Å². The molecule has 39 heavy (non-hydrogen) atoms. The van der Waals surface area contributed by atoms with Crippen molar-refractivity contribution in [3.63, 3.8) is 0 Å². The van der Waals surface area contributed by atoms with E-state index in [4.69, 9.17) is 10.2 Å². The van der Waals surface area contributed by atoms with Crippen LogP contribution in [0.2, 0.25) is 0 Å². The fourth-order valence-electron chi connectivity index (χ4n) is 3.62. The van der Waals surface area contributed by atoms with Gasteiger partial charge >= 0.3 is 11.9 Å². The summed E-state index contributed by atoms with van der Waals surface area (Å²) in [7, 11) is 0. The molecule has 0 aliphatic rings. The van der Waals surface area contributed by atoms with Crippen LogP contribution in [0.25, 0.3) is 0 Å². The Labute approximate surface area is 229 Å². The minimum absolute atomic E-state index is 0.110. The molecule has 196 valence electrons. The second-order valence-corrected chi connectivity index (χ2v) is 10.4. The van der Waals surface area contributed by atoms with Gasteiger partial charge in [0, 0.05) is 21.9 Å². The zero-order chi connectivity index (χ0) is 28.1. The normalized spacial score (nSPS) is 10.7. The van der Waals surface area contributed by atoms with Crippen LogP contribution < -0.4 is 0 Å². The zero-order valence-corrected chi connectivity index (χ0v) is 21.5. The van der Waals surface area contributed by atoms with Crippen molar-refractivity contribution in [3.8, 4) is 0 Å². The van der Waals surface area contributed by atoms with E-state index in [0.29, 0.717) is 30.7 Å². The summed E-state index contributed by atoms with van der Waals surface area (Å²) >= 11 is 2.26. The SMILES string of the molecule is O=C(O)c1ccc(Sc2ccc(Cc3ccc(Sc4ccc(C(=O)O)cc4)c([N+](=O)[O-])c3)cc2[N+](=O)[O-])cc1. The highest BCUT2D eigenvalue weighted by Crippen LogP contribution is 2.38. The Bertz CT molecular complexity index is 1470. The van der Waals surface area contributed by atoms with Crippen molar-refractivity contribution in [1.29, 1.82) is 0 Å². The highest BCUT2D eigenvalue weighted by molar-refractivity contribution is 7.99. The fourth-order valence-corrected chi connectivity index (χ4v) is 5.42. The summed E-state index contributed by atoms with van der Waals surface area (Å²) in [4.78, 5) is 46.6. The molecule has 0 saturated carbocycles. The van der Waals surface area contributed by atoms with Gasteiger partial charge in [0.2, 0.25) is 0 Å². The molecular formula is C27H18N2O8S2. The minimum Gasteiger partial charge on any atom is -0.478 e. The van der Waals surface area contributed by atoms with Crippen LogP contribution in [-0.2, 0) is 6.42 Å². The number of carbonyl (C=O) groups is 2. The number of nitro groups is 2. The maximum Gasteiger partial charge on any atom is 0.335 e. The lowest BCUT2D eigenvalue weighted by atomic mass is 10.0. The molecule has 4 aromatic rings. The van der Waals surface area contributed by atoms with E-state index < -0.39 is 21.8 Å². The van der Waals surface area contributed by atoms with Crippen LogP contribution in [0.4, 0.5) is 11.4 Å². The molecule has 4 aromatic carbocycles. The highest BCUT2D eigenvalue weighted by atomic mass is 32.2. The lowest BCUT2D eigenvalue weighted by Crippen LogP contribution is -1.97. The van der Waals surface area contributed by atoms with E-state index in [1.807, 2.05) is 0 Å². The molecule has 0 aliphatic carbocycles. The van der Waals surface area contributed by atoms with E-state index in [9.17, 15) is 29.8 Å². The van der Waals surface area contributed by atoms with Crippen molar-refractivity contribution in [3.05, 3.63) is 127 Å². The number of hydrogen-bond acceptors (Lipinski definition) is 8. The van der Waals surface area contributed by atoms with Crippen molar-refractivity contribution in [1.82, 2.24) is 0 Å². The average molecular weight is 563 g/mol. The monoisotopic (exact) mass is 562 g/mol. The van der Waals surface area contributed by atoms with Crippen LogP contribution >= 0.6 is 23.5 Å². The predicted molar refractivity (Wildman–Crippen MR) is 144 cm³/mol. The van der Waals surface area contributed by atoms with Gasteiger partial charge in [-0.2, -0.15) is 0 Å². The van der Waals surface area contributed by atoms with Crippen LogP contribution in [0.5, 0.6) is 0 Å². The fraction of sp³-hybridized carbons (Fsp3) is 0.0370. The quantitative estimate of drug-likeness (QED) is 0.155. The van der Waals surface area contributed by atoms with Crippen molar-refractivity contribution in [2.24, 2.45) is 0 Å². The molecule has 0 spiro atoms. The number of rotatable bonds is 10. The van der Waals surface area contributed by atoms with Crippen LogP contribution in [0.3, 0.4) is 0 Å². The number of hydrogen-bond donors (Lipinski definition) is 2. The van der Waals surface area contributed by atoms with Gasteiger partial charge in [-0.3, -0.25) is 20.2 Å². The first-order valence-corrected chi connectivity index (χ1v) is 12.8. The van der Waals surface area contributed by atoms with Gasteiger partial charge < -0.3 is 10.2 Å². The van der Waals surface area contributed by atoms with Crippen molar-refractivity contribution in [2.75, 3.05) is 0 Å². The van der Waals surface area contributed by atoms with Gasteiger partial charge in [-0.15, -0.1) is 0 Å². The summed E-state index contributed by atoms with van der Waals surface area (Å²) in [5.41, 5.74) is 1.13. The molecule has 0 unspecified atom stereocenters. The molecule has 0 amide bonds. The molecule has 4 rings (SSSR count). The number of nitrogens with zero attached hydrogens (tertiary/aromatic N) is 2. The smallest absolute Gasteiger partial charge is 0.335 e. The molecular weight excluding hydrogens is 544 g/mol. The molecule has 0 bridgehead atoms. The second kappa shape index (κ2) is 11.8. The van der Waals surface area contributed by atoms with Gasteiger partial charge in [-0.05, 0) is 78.2 Å². The Hall–Kier alpha value is -4.68. The zero-order valence-electron chi connectivity index (χ0n) is 19.8. The van der Waals surface area contributed by atoms with Crippen LogP contribution in [0.1, 0.15) is 31.8 Å². The van der Waals surface area contributed by atoms with Gasteiger partial charge in [-0.1, -0.05) is 35.7 Å². The number of carboxylic acids is 2. The van der Waals surface area contributed by atoms with Crippen molar-refractivity contribution < 1.29 is 29.6 Å². The van der Waals surface area contributed by atoms with E-state index >= 15 is 0 Å². The van der Waals surface area contributed by atoms with Crippen LogP contribution in [0, 0.1) is 20.2 Å². The van der Waals surface area contributed by atoms with Gasteiger partial charge in [0.15, 0.2) is 0 Å². The number of nitro benzene ring substituents is 2. The third-order valence-electron chi connectivity index (χ3n) is 5.51. The number of aromatic carboxylic acids is 2. The third kappa shape index (κ3) is 6.80. The molecule has 0 aliphatic heterocycles. The first-order valence-electron chi connectivity index (χ1n) is 11.2. The molecule has 10 nitrogen and oxygen atoms in total. The molecule has 0 heterocycles. The second-order valence-electron chi connectivity index (χ2n) is 8.16. The molecule has 12 heteroatoms. The largest absolute Gasteiger partial charge is 0.478 e. The van der Waals surface area contributed by atoms with Crippen molar-refractivity contribution in [2.45, 2.75) is 26.0 Å². The van der Waals surface area contributed by atoms with Gasteiger partial charge in [0.1, 0.15) is 0 Å². The first-order chi connectivity index (χ1) is 18.6. The van der Waals surface area contributed by atoms with Gasteiger partial charge in [0.25, 0.3) is 11.4 Å². The summed E-state index contributed by atoms with van der Waals surface area (Å²) in [5.74, 6) is -2.13. The number of benzene rings is 4. The van der Waals surface area contributed by atoms with Crippen molar-refractivity contribution >= 4 is 46.8 Å². The third-order valence-corrected chi connectivity index (χ3v) is 7.65. The Morgan fingerprint density at radius 3 is 1.28 bits per heavy atom. The van der Waals surface area contributed by atoms with E-state index in [1.165, 1.54) is 36.4 Å². The topological polar surface area (TPSA) is 161 Å². The van der Waals surface area contributed by atoms with Gasteiger partial charge in [0.05, 0.1) is 30.8 Å². The summed E-state index contributed by atoms with van der Waals surface area (Å²) in [5, 5.41) is 41.6. The summed E-state index contributed by atoms with van der Waals surface area (Å²) in [6.07, 6.45) is 0.220. The number of carboxylic acid groups (broad SMARTS) is 2. The lowest BCUT2D eigenvalue weighted by molar-refractivity contribution is -0.387. The molecule has 0 aromatic heterocycles. The maximum atomic E-state index is 11.8. The maximum absolute atomic E-state index is 11.8. The van der Waals surface area contributed by atoms with Gasteiger partial charge in [-0.25, -0.2) is 9.59 Å². The standard InChI is InChI=1S/C27H18N2O8S2/c30-26(31)18-3-7-20(8-4-18)38-24-11-1-16(14-22(24)28(34)35)13-17-2-12-25(23(15-17)29(36)37)39-21-9-5-19(6-10-21)27(32)33/h1-12,14-15H,13H2,(H,30,31)(H,32,33). The Balaban J connectivity index is 1.55. The predicted octanol–water partition coefficient (Wildman–Crippen LogP) is 6.79. The Morgan fingerprint density at radius 2 is 0.974 bits per heavy atom. The molecule has 0 atom stereocenters. The molecule has 0 saturated heterocycles. The molecule has 0 fully saturated rings. The minimum atomic E-state index is -1.07. The summed E-state index contributed by atoms with van der Waals surface area (Å²) in [6.45, 7) is 0. The summed E-state index contributed by atoms with van der Waals surface area (Å²) < 4.78 is 0. The van der Waals surface area contributed by atoms with E-state index in [-0.39, 0.29) is 28.9 Å². The van der Waals surface area contributed by atoms with E-state index in [2.05, 4.69) is 0 Å². The van der Waals surface area contributed by atoms with E-state index in [1.54, 1.807) is 48.5 Å².